The molecule has 1 N–H and O–H groups in total. The first-order valence-corrected chi connectivity index (χ1v) is 6.88. The lowest BCUT2D eigenvalue weighted by Crippen LogP contribution is -2.35. The topological polar surface area (TPSA) is 46.0 Å². The Balaban J connectivity index is 1.86. The van der Waals surface area contributed by atoms with E-state index in [9.17, 15) is 4.39 Å². The van der Waals surface area contributed by atoms with Gasteiger partial charge in [-0.3, -0.25) is 0 Å². The van der Waals surface area contributed by atoms with Gasteiger partial charge in [0.05, 0.1) is 12.7 Å². The summed E-state index contributed by atoms with van der Waals surface area (Å²) in [6, 6.07) is 1.56. The molecule has 0 spiro atoms. The molecule has 2 aromatic heterocycles. The highest BCUT2D eigenvalue weighted by Gasteiger charge is 2.20. The molecule has 106 valence electrons. The maximum absolute atomic E-state index is 13.4. The van der Waals surface area contributed by atoms with Gasteiger partial charge in [-0.1, -0.05) is 6.92 Å². The van der Waals surface area contributed by atoms with Crippen LogP contribution >= 0.6 is 0 Å². The number of fused-ring (bicyclic) bond motifs is 1. The minimum atomic E-state index is -0.292. The third-order valence-corrected chi connectivity index (χ3v) is 3.52. The molecule has 0 atom stereocenters. The van der Waals surface area contributed by atoms with E-state index in [1.807, 2.05) is 19.3 Å². The van der Waals surface area contributed by atoms with Crippen LogP contribution in [0.15, 0.2) is 24.7 Å². The van der Waals surface area contributed by atoms with Crippen LogP contribution < -0.4 is 10.2 Å². The average Bonchev–Trinajstić information content (AvgIpc) is 2.92. The second-order valence-electron chi connectivity index (χ2n) is 4.88. The molecule has 20 heavy (non-hydrogen) atoms. The van der Waals surface area contributed by atoms with Gasteiger partial charge in [-0.2, -0.15) is 0 Å². The van der Waals surface area contributed by atoms with E-state index < -0.39 is 0 Å². The average molecular weight is 275 g/mol. The van der Waals surface area contributed by atoms with E-state index in [0.717, 1.165) is 36.8 Å². The predicted octanol–water partition coefficient (Wildman–Crippen LogP) is 1.55. The van der Waals surface area contributed by atoms with Gasteiger partial charge in [-0.05, 0) is 12.6 Å². The van der Waals surface area contributed by atoms with Crippen molar-refractivity contribution in [3.8, 4) is 0 Å². The highest BCUT2D eigenvalue weighted by atomic mass is 19.1. The van der Waals surface area contributed by atoms with Crippen molar-refractivity contribution >= 4 is 5.82 Å². The quantitative estimate of drug-likeness (QED) is 0.919. The number of imidazole rings is 1. The Hall–Kier alpha value is -1.95. The number of nitrogens with zero attached hydrogens (tertiary/aromatic N) is 4. The summed E-state index contributed by atoms with van der Waals surface area (Å²) in [5.74, 6) is 1.58. The van der Waals surface area contributed by atoms with Gasteiger partial charge >= 0.3 is 0 Å². The van der Waals surface area contributed by atoms with E-state index in [2.05, 4.69) is 24.8 Å². The largest absolute Gasteiger partial charge is 0.347 e. The number of rotatable bonds is 4. The van der Waals surface area contributed by atoms with E-state index in [1.54, 1.807) is 6.07 Å². The van der Waals surface area contributed by atoms with Gasteiger partial charge < -0.3 is 14.8 Å². The van der Waals surface area contributed by atoms with Crippen LogP contribution in [-0.2, 0) is 19.6 Å². The van der Waals surface area contributed by atoms with E-state index >= 15 is 0 Å². The van der Waals surface area contributed by atoms with Crippen LogP contribution in [0.3, 0.4) is 0 Å². The SMILES string of the molecule is CCNCc1cc(F)cnc1N1CCn2ccnc2C1. The smallest absolute Gasteiger partial charge is 0.141 e. The maximum atomic E-state index is 13.4. The molecule has 0 amide bonds. The van der Waals surface area contributed by atoms with Crippen molar-refractivity contribution in [2.45, 2.75) is 26.6 Å². The molecule has 0 fully saturated rings. The van der Waals surface area contributed by atoms with E-state index in [-0.39, 0.29) is 5.82 Å². The van der Waals surface area contributed by atoms with Crippen LogP contribution in [0.2, 0.25) is 0 Å². The molecule has 5 nitrogen and oxygen atoms in total. The molecule has 0 radical (unpaired) electrons. The zero-order chi connectivity index (χ0) is 13.9. The van der Waals surface area contributed by atoms with Gasteiger partial charge in [0.1, 0.15) is 17.5 Å². The van der Waals surface area contributed by atoms with Crippen LogP contribution in [0.1, 0.15) is 18.3 Å². The molecule has 3 rings (SSSR count). The van der Waals surface area contributed by atoms with Crippen molar-refractivity contribution in [3.05, 3.63) is 41.9 Å². The van der Waals surface area contributed by atoms with Crippen LogP contribution in [0.5, 0.6) is 0 Å². The van der Waals surface area contributed by atoms with Crippen molar-refractivity contribution < 1.29 is 4.39 Å². The van der Waals surface area contributed by atoms with Crippen molar-refractivity contribution in [1.29, 1.82) is 0 Å². The molecule has 0 saturated carbocycles. The number of halogens is 1. The molecule has 0 aliphatic carbocycles. The molecule has 0 aromatic carbocycles. The number of nitrogens with one attached hydrogen (secondary N) is 1. The van der Waals surface area contributed by atoms with Crippen molar-refractivity contribution in [3.63, 3.8) is 0 Å². The van der Waals surface area contributed by atoms with Gasteiger partial charge in [0.15, 0.2) is 0 Å². The summed E-state index contributed by atoms with van der Waals surface area (Å²) in [6.07, 6.45) is 5.09. The third kappa shape index (κ3) is 2.51. The lowest BCUT2D eigenvalue weighted by Gasteiger charge is -2.30. The Labute approximate surface area is 117 Å². The van der Waals surface area contributed by atoms with Gasteiger partial charge in [-0.25, -0.2) is 14.4 Å². The Kier molecular flexibility index (Phi) is 3.64. The standard InChI is InChI=1S/C14H18FN5/c1-2-16-8-11-7-12(15)9-18-14(11)20-6-5-19-4-3-17-13(19)10-20/h3-4,7,9,16H,2,5-6,8,10H2,1H3. The van der Waals surface area contributed by atoms with Crippen molar-refractivity contribution in [2.75, 3.05) is 18.0 Å². The molecule has 3 heterocycles. The monoisotopic (exact) mass is 275 g/mol. The van der Waals surface area contributed by atoms with E-state index in [0.29, 0.717) is 13.1 Å². The lowest BCUT2D eigenvalue weighted by molar-refractivity contribution is 0.550. The number of aromatic nitrogens is 3. The minimum absolute atomic E-state index is 0.292. The molecule has 0 saturated heterocycles. The fourth-order valence-electron chi connectivity index (χ4n) is 2.50. The fourth-order valence-corrected chi connectivity index (χ4v) is 2.50. The second-order valence-corrected chi connectivity index (χ2v) is 4.88. The zero-order valence-electron chi connectivity index (χ0n) is 11.5. The molecule has 0 unspecified atom stereocenters. The van der Waals surface area contributed by atoms with Crippen LogP contribution in [0.25, 0.3) is 0 Å². The van der Waals surface area contributed by atoms with Crippen LogP contribution in [-0.4, -0.2) is 27.6 Å². The Morgan fingerprint density at radius 2 is 2.25 bits per heavy atom. The first-order chi connectivity index (χ1) is 9.78. The first-order valence-electron chi connectivity index (χ1n) is 6.88. The lowest BCUT2D eigenvalue weighted by atomic mass is 10.2. The van der Waals surface area contributed by atoms with Gasteiger partial charge in [0.25, 0.3) is 0 Å². The highest BCUT2D eigenvalue weighted by molar-refractivity contribution is 5.47. The first kappa shape index (κ1) is 13.1. The number of anilines is 1. The number of pyridine rings is 1. The number of hydrogen-bond donors (Lipinski definition) is 1. The third-order valence-electron chi connectivity index (χ3n) is 3.52. The Morgan fingerprint density at radius 1 is 1.35 bits per heavy atom. The van der Waals surface area contributed by atoms with Crippen molar-refractivity contribution in [1.82, 2.24) is 19.9 Å². The number of hydrogen-bond acceptors (Lipinski definition) is 4. The van der Waals surface area contributed by atoms with Crippen LogP contribution in [0.4, 0.5) is 10.2 Å². The molecule has 1 aliphatic rings. The summed E-state index contributed by atoms with van der Waals surface area (Å²) >= 11 is 0. The van der Waals surface area contributed by atoms with Gasteiger partial charge in [0.2, 0.25) is 0 Å². The van der Waals surface area contributed by atoms with Gasteiger partial charge in [0, 0.05) is 37.6 Å². The summed E-state index contributed by atoms with van der Waals surface area (Å²) in [5, 5.41) is 3.23. The minimum Gasteiger partial charge on any atom is -0.347 e. The Bertz CT molecular complexity index is 595. The molecule has 2 aromatic rings. The summed E-state index contributed by atoms with van der Waals surface area (Å²) in [5.41, 5.74) is 0.895. The van der Waals surface area contributed by atoms with E-state index in [4.69, 9.17) is 0 Å². The molecule has 1 aliphatic heterocycles. The van der Waals surface area contributed by atoms with E-state index in [1.165, 1.54) is 6.20 Å². The zero-order valence-corrected chi connectivity index (χ0v) is 11.5. The second kappa shape index (κ2) is 5.58. The highest BCUT2D eigenvalue weighted by Crippen LogP contribution is 2.22. The van der Waals surface area contributed by atoms with Gasteiger partial charge in [-0.15, -0.1) is 0 Å². The maximum Gasteiger partial charge on any atom is 0.141 e. The summed E-state index contributed by atoms with van der Waals surface area (Å²) in [4.78, 5) is 10.8. The van der Waals surface area contributed by atoms with Crippen molar-refractivity contribution in [2.24, 2.45) is 0 Å². The summed E-state index contributed by atoms with van der Waals surface area (Å²) in [7, 11) is 0. The van der Waals surface area contributed by atoms with Crippen LogP contribution in [0, 0.1) is 5.82 Å². The molecular formula is C14H18FN5. The predicted molar refractivity (Wildman–Crippen MR) is 74.9 cm³/mol. The summed E-state index contributed by atoms with van der Waals surface area (Å²) < 4.78 is 15.5. The normalized spacial score (nSPS) is 14.4. The molecule has 0 bridgehead atoms. The molecule has 6 heteroatoms. The fraction of sp³-hybridized carbons (Fsp3) is 0.429. The Morgan fingerprint density at radius 3 is 3.10 bits per heavy atom. The summed E-state index contributed by atoms with van der Waals surface area (Å²) in [6.45, 7) is 5.97. The molecular weight excluding hydrogens is 257 g/mol.